The Balaban J connectivity index is 1.47. The first-order valence-corrected chi connectivity index (χ1v) is 10.5. The van der Waals surface area contributed by atoms with Gasteiger partial charge in [0.1, 0.15) is 0 Å². The molecule has 2 N–H and O–H groups in total. The second-order valence-electron chi connectivity index (χ2n) is 8.10. The van der Waals surface area contributed by atoms with Crippen molar-refractivity contribution >= 4 is 17.3 Å². The Morgan fingerprint density at radius 3 is 2.15 bits per heavy atom. The fourth-order valence-electron chi connectivity index (χ4n) is 4.66. The first kappa shape index (κ1) is 18.1. The van der Waals surface area contributed by atoms with Crippen LogP contribution in [0.3, 0.4) is 0 Å². The molecule has 2 aromatic rings. The molecule has 0 aromatic heterocycles. The predicted octanol–water partition coefficient (Wildman–Crippen LogP) is 5.95. The topological polar surface area (TPSA) is 41.1 Å². The molecule has 0 radical (unpaired) electrons. The zero-order valence-corrected chi connectivity index (χ0v) is 16.2. The van der Waals surface area contributed by atoms with Crippen molar-refractivity contribution in [3.63, 3.8) is 0 Å². The zero-order chi connectivity index (χ0) is 18.6. The molecule has 0 saturated heterocycles. The summed E-state index contributed by atoms with van der Waals surface area (Å²) in [5, 5.41) is 6.88. The molecule has 1 aliphatic carbocycles. The lowest BCUT2D eigenvalue weighted by molar-refractivity contribution is -0.126. The van der Waals surface area contributed by atoms with Crippen LogP contribution in [0.1, 0.15) is 69.0 Å². The van der Waals surface area contributed by atoms with Crippen LogP contribution in [0.5, 0.6) is 0 Å². The van der Waals surface area contributed by atoms with Gasteiger partial charge in [-0.3, -0.25) is 4.79 Å². The van der Waals surface area contributed by atoms with Crippen LogP contribution in [0.15, 0.2) is 48.5 Å². The van der Waals surface area contributed by atoms with E-state index in [-0.39, 0.29) is 17.9 Å². The van der Waals surface area contributed by atoms with Crippen LogP contribution in [0.25, 0.3) is 0 Å². The van der Waals surface area contributed by atoms with Crippen molar-refractivity contribution in [2.24, 2.45) is 11.8 Å². The summed E-state index contributed by atoms with van der Waals surface area (Å²) in [6.45, 7) is 2.26. The maximum atomic E-state index is 13.1. The van der Waals surface area contributed by atoms with Crippen molar-refractivity contribution in [1.29, 1.82) is 0 Å². The molecule has 0 spiro atoms. The third-order valence-electron chi connectivity index (χ3n) is 6.28. The highest BCUT2D eigenvalue weighted by molar-refractivity contribution is 5.82. The Morgan fingerprint density at radius 2 is 1.56 bits per heavy atom. The van der Waals surface area contributed by atoms with Crippen LogP contribution in [0.4, 0.5) is 11.4 Å². The minimum Gasteiger partial charge on any atom is -0.355 e. The summed E-state index contributed by atoms with van der Waals surface area (Å²) in [5.74, 6) is 1.21. The van der Waals surface area contributed by atoms with E-state index in [1.54, 1.807) is 0 Å². The molecule has 1 fully saturated rings. The van der Waals surface area contributed by atoms with Gasteiger partial charge in [0, 0.05) is 28.4 Å². The van der Waals surface area contributed by atoms with Crippen LogP contribution in [0, 0.1) is 11.8 Å². The van der Waals surface area contributed by atoms with Crippen LogP contribution >= 0.6 is 0 Å². The van der Waals surface area contributed by atoms with Crippen LogP contribution in [-0.4, -0.2) is 5.91 Å². The minimum absolute atomic E-state index is 0.0658. The van der Waals surface area contributed by atoms with Gasteiger partial charge in [-0.15, -0.1) is 0 Å². The van der Waals surface area contributed by atoms with Crippen molar-refractivity contribution in [1.82, 2.24) is 5.32 Å². The average Bonchev–Trinajstić information content (AvgIpc) is 2.72. The molecule has 0 atom stereocenters. The molecule has 0 unspecified atom stereocenters. The molecule has 1 heterocycles. The van der Waals surface area contributed by atoms with Crippen molar-refractivity contribution in [2.75, 3.05) is 5.32 Å². The Kier molecular flexibility index (Phi) is 5.47. The van der Waals surface area contributed by atoms with Gasteiger partial charge in [0.05, 0.1) is 6.04 Å². The molecule has 3 heteroatoms. The number of carbonyl (C=O) groups excluding carboxylic acids is 1. The molecule has 142 valence electrons. The van der Waals surface area contributed by atoms with Gasteiger partial charge in [-0.05, 0) is 43.7 Å². The normalized spacial score (nSPS) is 21.7. The SMILES string of the molecule is CCCCC1CCC(C(=O)NC2c3ccccc3Nc3ccccc32)CC1. The maximum Gasteiger partial charge on any atom is 0.223 e. The highest BCUT2D eigenvalue weighted by atomic mass is 16.1. The lowest BCUT2D eigenvalue weighted by Crippen LogP contribution is -2.37. The summed E-state index contributed by atoms with van der Waals surface area (Å²) in [6.07, 6.45) is 8.41. The third kappa shape index (κ3) is 3.87. The first-order chi connectivity index (χ1) is 13.3. The summed E-state index contributed by atoms with van der Waals surface area (Å²) in [5.41, 5.74) is 4.48. The number of benzene rings is 2. The largest absolute Gasteiger partial charge is 0.355 e. The molecule has 1 aliphatic heterocycles. The van der Waals surface area contributed by atoms with E-state index in [2.05, 4.69) is 41.8 Å². The molecule has 4 rings (SSSR count). The number of hydrogen-bond donors (Lipinski definition) is 2. The van der Waals surface area contributed by atoms with Gasteiger partial charge < -0.3 is 10.6 Å². The van der Waals surface area contributed by atoms with Gasteiger partial charge in [0.25, 0.3) is 0 Å². The Morgan fingerprint density at radius 1 is 0.963 bits per heavy atom. The van der Waals surface area contributed by atoms with Crippen molar-refractivity contribution in [2.45, 2.75) is 57.9 Å². The van der Waals surface area contributed by atoms with Crippen LogP contribution in [-0.2, 0) is 4.79 Å². The lowest BCUT2D eigenvalue weighted by Gasteiger charge is -2.33. The van der Waals surface area contributed by atoms with Gasteiger partial charge in [-0.25, -0.2) is 0 Å². The van der Waals surface area contributed by atoms with E-state index in [0.717, 1.165) is 41.3 Å². The number of hydrogen-bond acceptors (Lipinski definition) is 2. The Hall–Kier alpha value is -2.29. The molecule has 27 heavy (non-hydrogen) atoms. The van der Waals surface area contributed by atoms with E-state index < -0.39 is 0 Å². The van der Waals surface area contributed by atoms with E-state index in [1.807, 2.05) is 24.3 Å². The number of nitrogens with one attached hydrogen (secondary N) is 2. The average molecular weight is 363 g/mol. The van der Waals surface area contributed by atoms with Crippen LogP contribution in [0.2, 0.25) is 0 Å². The van der Waals surface area contributed by atoms with Crippen molar-refractivity contribution in [3.05, 3.63) is 59.7 Å². The van der Waals surface area contributed by atoms with Crippen molar-refractivity contribution in [3.8, 4) is 0 Å². The number of rotatable bonds is 5. The smallest absolute Gasteiger partial charge is 0.223 e. The summed E-state index contributed by atoms with van der Waals surface area (Å²) in [4.78, 5) is 13.1. The Bertz CT molecular complexity index is 747. The molecule has 1 saturated carbocycles. The van der Waals surface area contributed by atoms with E-state index in [1.165, 1.54) is 32.1 Å². The summed E-state index contributed by atoms with van der Waals surface area (Å²) in [6, 6.07) is 16.5. The number of carbonyl (C=O) groups is 1. The molecule has 2 aliphatic rings. The quantitative estimate of drug-likeness (QED) is 0.690. The fraction of sp³-hybridized carbons (Fsp3) is 0.458. The standard InChI is InChI=1S/C24H30N2O/c1-2-3-8-17-13-15-18(16-14-17)24(27)26-23-19-9-4-6-11-21(19)25-22-12-7-5-10-20(22)23/h4-7,9-12,17-18,23,25H,2-3,8,13-16H2,1H3,(H,26,27). The highest BCUT2D eigenvalue weighted by Gasteiger charge is 2.31. The predicted molar refractivity (Wildman–Crippen MR) is 111 cm³/mol. The second kappa shape index (κ2) is 8.16. The molecular formula is C24H30N2O. The second-order valence-corrected chi connectivity index (χ2v) is 8.10. The molecule has 1 amide bonds. The van der Waals surface area contributed by atoms with Gasteiger partial charge in [0.15, 0.2) is 0 Å². The lowest BCUT2D eigenvalue weighted by atomic mass is 9.79. The van der Waals surface area contributed by atoms with Gasteiger partial charge >= 0.3 is 0 Å². The molecular weight excluding hydrogens is 332 g/mol. The summed E-state index contributed by atoms with van der Waals surface area (Å²) >= 11 is 0. The summed E-state index contributed by atoms with van der Waals surface area (Å²) < 4.78 is 0. The molecule has 2 aromatic carbocycles. The number of fused-ring (bicyclic) bond motifs is 2. The molecule has 0 bridgehead atoms. The molecule has 3 nitrogen and oxygen atoms in total. The zero-order valence-electron chi connectivity index (χ0n) is 16.2. The number of anilines is 2. The van der Waals surface area contributed by atoms with Crippen molar-refractivity contribution < 1.29 is 4.79 Å². The third-order valence-corrected chi connectivity index (χ3v) is 6.28. The monoisotopic (exact) mass is 362 g/mol. The Labute approximate surface area is 162 Å². The van der Waals surface area contributed by atoms with Gasteiger partial charge in [0.2, 0.25) is 5.91 Å². The van der Waals surface area contributed by atoms with E-state index in [4.69, 9.17) is 0 Å². The van der Waals surface area contributed by atoms with E-state index >= 15 is 0 Å². The fourth-order valence-corrected chi connectivity index (χ4v) is 4.66. The maximum absolute atomic E-state index is 13.1. The van der Waals surface area contributed by atoms with E-state index in [0.29, 0.717) is 0 Å². The first-order valence-electron chi connectivity index (χ1n) is 10.5. The number of unbranched alkanes of at least 4 members (excludes halogenated alkanes) is 1. The minimum atomic E-state index is -0.0658. The number of para-hydroxylation sites is 2. The van der Waals surface area contributed by atoms with E-state index in [9.17, 15) is 4.79 Å². The van der Waals surface area contributed by atoms with Gasteiger partial charge in [-0.2, -0.15) is 0 Å². The van der Waals surface area contributed by atoms with Crippen LogP contribution < -0.4 is 10.6 Å². The number of amides is 1. The highest BCUT2D eigenvalue weighted by Crippen LogP contribution is 2.40. The van der Waals surface area contributed by atoms with Gasteiger partial charge in [-0.1, -0.05) is 62.6 Å². The summed E-state index contributed by atoms with van der Waals surface area (Å²) in [7, 11) is 0.